The normalized spacial score (nSPS) is 10.9. The fourth-order valence-electron chi connectivity index (χ4n) is 2.97. The third-order valence-electron chi connectivity index (χ3n) is 4.47. The zero-order chi connectivity index (χ0) is 19.3. The van der Waals surface area contributed by atoms with Gasteiger partial charge in [0.25, 0.3) is 0 Å². The largest absolute Gasteiger partial charge is 0.378 e. The third-order valence-corrected chi connectivity index (χ3v) is 4.47. The highest BCUT2D eigenvalue weighted by molar-refractivity contribution is 5.94. The van der Waals surface area contributed by atoms with Crippen LogP contribution in [0.3, 0.4) is 0 Å². The molecule has 0 spiro atoms. The van der Waals surface area contributed by atoms with Crippen molar-refractivity contribution in [3.8, 4) is 0 Å². The first-order chi connectivity index (χ1) is 12.3. The van der Waals surface area contributed by atoms with Gasteiger partial charge in [-0.2, -0.15) is 0 Å². The van der Waals surface area contributed by atoms with Crippen LogP contribution in [0.1, 0.15) is 50.7 Å². The van der Waals surface area contributed by atoms with Gasteiger partial charge in [-0.3, -0.25) is 4.79 Å². The molecule has 4 heteroatoms. The van der Waals surface area contributed by atoms with E-state index in [0.29, 0.717) is 11.8 Å². The van der Waals surface area contributed by atoms with E-state index in [-0.39, 0.29) is 12.5 Å². The topological polar surface area (TPSA) is 44.4 Å². The van der Waals surface area contributed by atoms with E-state index in [9.17, 15) is 4.79 Å². The highest BCUT2D eigenvalue weighted by atomic mass is 16.1. The Morgan fingerprint density at radius 1 is 0.923 bits per heavy atom. The SMILES string of the molecule is CC(C)c1cccc(C(C)C)c1NCC(=O)Nc1ccc(N(C)C)cc1. The predicted molar refractivity (Wildman–Crippen MR) is 113 cm³/mol. The van der Waals surface area contributed by atoms with Gasteiger partial charge in [0.2, 0.25) is 5.91 Å². The maximum atomic E-state index is 12.4. The van der Waals surface area contributed by atoms with Crippen LogP contribution >= 0.6 is 0 Å². The summed E-state index contributed by atoms with van der Waals surface area (Å²) < 4.78 is 0. The van der Waals surface area contributed by atoms with Gasteiger partial charge in [0.05, 0.1) is 6.54 Å². The predicted octanol–water partition coefficient (Wildman–Crippen LogP) is 5.05. The summed E-state index contributed by atoms with van der Waals surface area (Å²) in [7, 11) is 3.99. The number of nitrogens with one attached hydrogen (secondary N) is 2. The van der Waals surface area contributed by atoms with Crippen molar-refractivity contribution in [2.24, 2.45) is 0 Å². The molecule has 0 bridgehead atoms. The van der Waals surface area contributed by atoms with Crippen LogP contribution in [0.5, 0.6) is 0 Å². The number of hydrogen-bond donors (Lipinski definition) is 2. The quantitative estimate of drug-likeness (QED) is 0.732. The molecule has 2 aromatic carbocycles. The lowest BCUT2D eigenvalue weighted by atomic mass is 9.92. The first kappa shape index (κ1) is 19.8. The average molecular weight is 354 g/mol. The van der Waals surface area contributed by atoms with Crippen molar-refractivity contribution in [3.63, 3.8) is 0 Å². The molecule has 4 nitrogen and oxygen atoms in total. The van der Waals surface area contributed by atoms with Gasteiger partial charge in [-0.15, -0.1) is 0 Å². The first-order valence-corrected chi connectivity index (χ1v) is 9.23. The Kier molecular flexibility index (Phi) is 6.67. The molecule has 2 N–H and O–H groups in total. The van der Waals surface area contributed by atoms with Gasteiger partial charge in [-0.05, 0) is 47.2 Å². The maximum absolute atomic E-state index is 12.4. The highest BCUT2D eigenvalue weighted by Crippen LogP contribution is 2.32. The third kappa shape index (κ3) is 5.01. The zero-order valence-corrected chi connectivity index (χ0v) is 16.8. The molecular formula is C22H31N3O. The lowest BCUT2D eigenvalue weighted by molar-refractivity contribution is -0.114. The summed E-state index contributed by atoms with van der Waals surface area (Å²) in [6.07, 6.45) is 0. The summed E-state index contributed by atoms with van der Waals surface area (Å²) >= 11 is 0. The Morgan fingerprint density at radius 2 is 1.46 bits per heavy atom. The molecule has 0 saturated heterocycles. The van der Waals surface area contributed by atoms with Crippen LogP contribution in [0.4, 0.5) is 17.1 Å². The van der Waals surface area contributed by atoms with E-state index in [0.717, 1.165) is 17.1 Å². The second-order valence-corrected chi connectivity index (χ2v) is 7.46. The fraction of sp³-hybridized carbons (Fsp3) is 0.409. The number of benzene rings is 2. The van der Waals surface area contributed by atoms with Gasteiger partial charge in [-0.1, -0.05) is 45.9 Å². The summed E-state index contributed by atoms with van der Waals surface area (Å²) in [4.78, 5) is 14.4. The van der Waals surface area contributed by atoms with E-state index < -0.39 is 0 Å². The van der Waals surface area contributed by atoms with Crippen molar-refractivity contribution < 1.29 is 4.79 Å². The minimum absolute atomic E-state index is 0.0455. The van der Waals surface area contributed by atoms with Crippen LogP contribution in [-0.4, -0.2) is 26.5 Å². The molecule has 0 aliphatic heterocycles. The number of nitrogens with zero attached hydrogens (tertiary/aromatic N) is 1. The molecule has 26 heavy (non-hydrogen) atoms. The van der Waals surface area contributed by atoms with Crippen LogP contribution in [0.25, 0.3) is 0 Å². The average Bonchev–Trinajstić information content (AvgIpc) is 2.59. The molecule has 0 atom stereocenters. The van der Waals surface area contributed by atoms with E-state index in [1.807, 2.05) is 43.3 Å². The highest BCUT2D eigenvalue weighted by Gasteiger charge is 2.14. The molecule has 0 aliphatic carbocycles. The Labute approximate surface area is 157 Å². The minimum Gasteiger partial charge on any atom is -0.378 e. The van der Waals surface area contributed by atoms with Gasteiger partial charge in [0.15, 0.2) is 0 Å². The zero-order valence-electron chi connectivity index (χ0n) is 16.8. The molecule has 2 aromatic rings. The Bertz CT molecular complexity index is 707. The van der Waals surface area contributed by atoms with Gasteiger partial charge in [0.1, 0.15) is 0 Å². The molecule has 0 saturated carbocycles. The van der Waals surface area contributed by atoms with Crippen molar-refractivity contribution in [1.82, 2.24) is 0 Å². The molecule has 0 aromatic heterocycles. The molecule has 140 valence electrons. The molecular weight excluding hydrogens is 322 g/mol. The second kappa shape index (κ2) is 8.75. The lowest BCUT2D eigenvalue weighted by Gasteiger charge is -2.20. The minimum atomic E-state index is -0.0455. The lowest BCUT2D eigenvalue weighted by Crippen LogP contribution is -2.23. The summed E-state index contributed by atoms with van der Waals surface area (Å²) in [6.45, 7) is 8.96. The summed E-state index contributed by atoms with van der Waals surface area (Å²) in [5, 5.41) is 6.33. The second-order valence-electron chi connectivity index (χ2n) is 7.46. The number of para-hydroxylation sites is 1. The van der Waals surface area contributed by atoms with E-state index in [1.165, 1.54) is 11.1 Å². The number of carbonyl (C=O) groups excluding carboxylic acids is 1. The van der Waals surface area contributed by atoms with Gasteiger partial charge >= 0.3 is 0 Å². The fourth-order valence-corrected chi connectivity index (χ4v) is 2.97. The molecule has 0 radical (unpaired) electrons. The number of carbonyl (C=O) groups is 1. The Hall–Kier alpha value is -2.49. The standard InChI is InChI=1S/C22H31N3O/c1-15(2)19-8-7-9-20(16(3)4)22(19)23-14-21(26)24-17-10-12-18(13-11-17)25(5)6/h7-13,15-16,23H,14H2,1-6H3,(H,24,26). The van der Waals surface area contributed by atoms with E-state index in [2.05, 4.69) is 56.5 Å². The molecule has 1 amide bonds. The van der Waals surface area contributed by atoms with Gasteiger partial charge in [0, 0.05) is 31.2 Å². The van der Waals surface area contributed by atoms with E-state index in [1.54, 1.807) is 0 Å². The first-order valence-electron chi connectivity index (χ1n) is 9.23. The summed E-state index contributed by atoms with van der Waals surface area (Å²) in [5.74, 6) is 0.756. The van der Waals surface area contributed by atoms with Crippen molar-refractivity contribution in [3.05, 3.63) is 53.6 Å². The Balaban J connectivity index is 2.07. The number of anilines is 3. The summed E-state index contributed by atoms with van der Waals surface area (Å²) in [6, 6.07) is 14.2. The monoisotopic (exact) mass is 353 g/mol. The van der Waals surface area contributed by atoms with E-state index >= 15 is 0 Å². The van der Waals surface area contributed by atoms with E-state index in [4.69, 9.17) is 0 Å². The van der Waals surface area contributed by atoms with Crippen LogP contribution in [-0.2, 0) is 4.79 Å². The number of rotatable bonds is 7. The molecule has 0 unspecified atom stereocenters. The van der Waals surface area contributed by atoms with Crippen LogP contribution in [0, 0.1) is 0 Å². The maximum Gasteiger partial charge on any atom is 0.243 e. The number of hydrogen-bond acceptors (Lipinski definition) is 3. The number of amides is 1. The van der Waals surface area contributed by atoms with Crippen molar-refractivity contribution >= 4 is 23.0 Å². The molecule has 2 rings (SSSR count). The molecule has 0 fully saturated rings. The van der Waals surface area contributed by atoms with Crippen LogP contribution in [0.2, 0.25) is 0 Å². The van der Waals surface area contributed by atoms with Crippen molar-refractivity contribution in [2.75, 3.05) is 36.2 Å². The van der Waals surface area contributed by atoms with Crippen LogP contribution < -0.4 is 15.5 Å². The van der Waals surface area contributed by atoms with Crippen molar-refractivity contribution in [1.29, 1.82) is 0 Å². The van der Waals surface area contributed by atoms with Gasteiger partial charge < -0.3 is 15.5 Å². The van der Waals surface area contributed by atoms with Gasteiger partial charge in [-0.25, -0.2) is 0 Å². The summed E-state index contributed by atoms with van der Waals surface area (Å²) in [5.41, 5.74) is 5.51. The molecule has 0 aliphatic rings. The van der Waals surface area contributed by atoms with Crippen molar-refractivity contribution in [2.45, 2.75) is 39.5 Å². The van der Waals surface area contributed by atoms with Crippen LogP contribution in [0.15, 0.2) is 42.5 Å². The smallest absolute Gasteiger partial charge is 0.243 e. The Morgan fingerprint density at radius 3 is 1.92 bits per heavy atom. The molecule has 0 heterocycles.